The van der Waals surface area contributed by atoms with Crippen molar-refractivity contribution in [2.75, 3.05) is 6.61 Å². The highest BCUT2D eigenvalue weighted by Crippen LogP contribution is 2.37. The first-order chi connectivity index (χ1) is 17.1. The summed E-state index contributed by atoms with van der Waals surface area (Å²) in [5, 5.41) is 19.4. The van der Waals surface area contributed by atoms with Crippen molar-refractivity contribution >= 4 is 33.7 Å². The van der Waals surface area contributed by atoms with E-state index in [1.165, 1.54) is 17.8 Å². The van der Waals surface area contributed by atoms with E-state index in [4.69, 9.17) is 9.47 Å². The van der Waals surface area contributed by atoms with Crippen molar-refractivity contribution in [3.8, 4) is 11.5 Å². The zero-order chi connectivity index (χ0) is 26.4. The van der Waals surface area contributed by atoms with Gasteiger partial charge in [0.15, 0.2) is 11.5 Å². The molecule has 1 N–H and O–H groups in total. The Labute approximate surface area is 217 Å². The number of aromatic nitrogens is 2. The zero-order valence-electron chi connectivity index (χ0n) is 20.7. The molecule has 0 saturated heterocycles. The lowest BCUT2D eigenvalue weighted by Crippen LogP contribution is -2.28. The van der Waals surface area contributed by atoms with Crippen LogP contribution < -0.4 is 14.9 Å². The van der Waals surface area contributed by atoms with Crippen LogP contribution in [-0.2, 0) is 11.4 Å². The van der Waals surface area contributed by atoms with Gasteiger partial charge in [-0.2, -0.15) is 10.2 Å². The number of halogens is 1. The Kier molecular flexibility index (Phi) is 8.81. The second-order valence-corrected chi connectivity index (χ2v) is 8.96. The van der Waals surface area contributed by atoms with Crippen LogP contribution in [0.5, 0.6) is 11.5 Å². The monoisotopic (exact) mass is 557 g/mol. The summed E-state index contributed by atoms with van der Waals surface area (Å²) in [4.78, 5) is 23.3. The number of nitrogens with one attached hydrogen (secondary N) is 1. The average Bonchev–Trinajstić information content (AvgIpc) is 3.13. The van der Waals surface area contributed by atoms with Crippen molar-refractivity contribution in [1.82, 2.24) is 15.2 Å². The van der Waals surface area contributed by atoms with E-state index in [9.17, 15) is 14.9 Å². The highest BCUT2D eigenvalue weighted by molar-refractivity contribution is 9.10. The minimum atomic E-state index is -0.794. The number of hydrazone groups is 1. The number of rotatable bonds is 10. The molecular weight excluding hydrogens is 530 g/mol. The third-order valence-corrected chi connectivity index (χ3v) is 6.16. The van der Waals surface area contributed by atoms with Crippen LogP contribution in [0.3, 0.4) is 0 Å². The zero-order valence-corrected chi connectivity index (χ0v) is 22.3. The van der Waals surface area contributed by atoms with E-state index >= 15 is 0 Å². The lowest BCUT2D eigenvalue weighted by molar-refractivity contribution is -0.386. The molecule has 190 valence electrons. The van der Waals surface area contributed by atoms with Crippen LogP contribution in [0.1, 0.15) is 48.0 Å². The first-order valence-electron chi connectivity index (χ1n) is 11.3. The molecule has 36 heavy (non-hydrogen) atoms. The Morgan fingerprint density at radius 3 is 2.64 bits per heavy atom. The van der Waals surface area contributed by atoms with Gasteiger partial charge in [-0.3, -0.25) is 19.6 Å². The fourth-order valence-corrected chi connectivity index (χ4v) is 4.23. The van der Waals surface area contributed by atoms with E-state index in [1.54, 1.807) is 26.0 Å². The molecule has 0 radical (unpaired) electrons. The molecule has 10 nitrogen and oxygen atoms in total. The van der Waals surface area contributed by atoms with Gasteiger partial charge in [-0.1, -0.05) is 24.3 Å². The smallest absolute Gasteiger partial charge is 0.312 e. The van der Waals surface area contributed by atoms with Crippen LogP contribution in [0.4, 0.5) is 5.69 Å². The van der Waals surface area contributed by atoms with Gasteiger partial charge in [0.25, 0.3) is 5.91 Å². The van der Waals surface area contributed by atoms with E-state index in [2.05, 4.69) is 31.6 Å². The summed E-state index contributed by atoms with van der Waals surface area (Å²) in [6, 6.07) is 10.8. The summed E-state index contributed by atoms with van der Waals surface area (Å²) in [5.74, 6) is 0.645. The fourth-order valence-electron chi connectivity index (χ4n) is 3.66. The molecule has 3 aromatic rings. The Bertz CT molecular complexity index is 1300. The van der Waals surface area contributed by atoms with E-state index in [-0.39, 0.29) is 11.4 Å². The third-order valence-electron chi connectivity index (χ3n) is 5.57. The van der Waals surface area contributed by atoms with Gasteiger partial charge in [0.05, 0.1) is 22.2 Å². The molecule has 0 spiro atoms. The molecule has 11 heteroatoms. The summed E-state index contributed by atoms with van der Waals surface area (Å²) >= 11 is 3.54. The number of amides is 1. The highest BCUT2D eigenvalue weighted by atomic mass is 79.9. The number of ether oxygens (including phenoxy) is 2. The molecule has 1 amide bonds. The molecule has 0 bridgehead atoms. The van der Waals surface area contributed by atoms with Gasteiger partial charge in [-0.05, 0) is 79.4 Å². The Hall–Kier alpha value is -3.73. The molecule has 1 unspecified atom stereocenters. The van der Waals surface area contributed by atoms with Gasteiger partial charge in [0.2, 0.25) is 0 Å². The van der Waals surface area contributed by atoms with Gasteiger partial charge in [-0.15, -0.1) is 0 Å². The van der Waals surface area contributed by atoms with Crippen LogP contribution in [-0.4, -0.2) is 33.4 Å². The molecule has 1 atom stereocenters. The van der Waals surface area contributed by atoms with Crippen LogP contribution in [0.2, 0.25) is 0 Å². The Morgan fingerprint density at radius 2 is 2.00 bits per heavy atom. The van der Waals surface area contributed by atoms with Crippen molar-refractivity contribution in [1.29, 1.82) is 0 Å². The fraction of sp³-hybridized carbons (Fsp3) is 0.320. The highest BCUT2D eigenvalue weighted by Gasteiger charge is 2.27. The van der Waals surface area contributed by atoms with Crippen molar-refractivity contribution in [2.24, 2.45) is 5.10 Å². The molecular formula is C25H28BrN5O5. The van der Waals surface area contributed by atoms with Gasteiger partial charge in [-0.25, -0.2) is 5.43 Å². The predicted octanol–water partition coefficient (Wildman–Crippen LogP) is 5.17. The number of carbonyl (C=O) groups excluding carboxylic acids is 1. The average molecular weight is 558 g/mol. The molecule has 3 rings (SSSR count). The second-order valence-electron chi connectivity index (χ2n) is 8.11. The summed E-state index contributed by atoms with van der Waals surface area (Å²) in [6.07, 6.45) is 1.48. The first kappa shape index (κ1) is 26.9. The van der Waals surface area contributed by atoms with Gasteiger partial charge in [0, 0.05) is 0 Å². The molecule has 1 aromatic heterocycles. The third kappa shape index (κ3) is 6.09. The minimum absolute atomic E-state index is 0.101. The molecule has 0 aliphatic rings. The Balaban J connectivity index is 1.73. The quantitative estimate of drug-likeness (QED) is 0.208. The van der Waals surface area contributed by atoms with Crippen molar-refractivity contribution in [2.45, 2.75) is 47.3 Å². The molecule has 0 saturated carbocycles. The first-order valence-corrected chi connectivity index (χ1v) is 12.1. The lowest BCUT2D eigenvalue weighted by atomic mass is 10.1. The minimum Gasteiger partial charge on any atom is -0.490 e. The number of hydrogen-bond donors (Lipinski definition) is 1. The summed E-state index contributed by atoms with van der Waals surface area (Å²) in [6.45, 7) is 9.42. The number of benzene rings is 2. The van der Waals surface area contributed by atoms with Crippen LogP contribution >= 0.6 is 15.9 Å². The van der Waals surface area contributed by atoms with Gasteiger partial charge >= 0.3 is 5.69 Å². The number of nitrogens with zero attached hydrogens (tertiary/aromatic N) is 4. The second kappa shape index (κ2) is 11.8. The van der Waals surface area contributed by atoms with E-state index < -0.39 is 16.9 Å². The Morgan fingerprint density at radius 1 is 1.28 bits per heavy atom. The van der Waals surface area contributed by atoms with Crippen LogP contribution in [0, 0.1) is 30.9 Å². The normalized spacial score (nSPS) is 11.9. The molecule has 2 aromatic carbocycles. The maximum absolute atomic E-state index is 12.6. The van der Waals surface area contributed by atoms with E-state index in [0.717, 1.165) is 11.1 Å². The predicted molar refractivity (Wildman–Crippen MR) is 140 cm³/mol. The number of carbonyl (C=O) groups is 1. The molecule has 1 heterocycles. The van der Waals surface area contributed by atoms with Crippen LogP contribution in [0.15, 0.2) is 46.0 Å². The molecule has 0 fully saturated rings. The number of nitro groups is 1. The van der Waals surface area contributed by atoms with Crippen molar-refractivity contribution in [3.05, 3.63) is 79.1 Å². The summed E-state index contributed by atoms with van der Waals surface area (Å²) in [7, 11) is 0. The number of aryl methyl sites for hydroxylation is 2. The van der Waals surface area contributed by atoms with Crippen molar-refractivity contribution < 1.29 is 19.2 Å². The van der Waals surface area contributed by atoms with Gasteiger partial charge < -0.3 is 9.47 Å². The maximum Gasteiger partial charge on any atom is 0.312 e. The molecule has 0 aliphatic heterocycles. The maximum atomic E-state index is 12.6. The summed E-state index contributed by atoms with van der Waals surface area (Å²) in [5.41, 5.74) is 5.79. The largest absolute Gasteiger partial charge is 0.490 e. The van der Waals surface area contributed by atoms with Gasteiger partial charge in [0.1, 0.15) is 24.0 Å². The summed E-state index contributed by atoms with van der Waals surface area (Å²) < 4.78 is 13.8. The van der Waals surface area contributed by atoms with E-state index in [1.807, 2.05) is 38.1 Å². The van der Waals surface area contributed by atoms with E-state index in [0.29, 0.717) is 40.4 Å². The van der Waals surface area contributed by atoms with Crippen molar-refractivity contribution in [3.63, 3.8) is 0 Å². The standard InChI is InChI=1S/C25H28BrN5O5/c1-6-35-22-12-19(11-21(26)24(22)36-14-20-10-8-7-9-15(20)2)13-27-28-25(32)18(5)30-17(4)23(31(33)34)16(3)29-30/h7-13,18H,6,14H2,1-5H3,(H,28,32)/b27-13+. The SMILES string of the molecule is CCOc1cc(/C=N/NC(=O)C(C)n2nc(C)c([N+](=O)[O-])c2C)cc(Br)c1OCc1ccccc1C. The molecule has 0 aliphatic carbocycles. The number of hydrogen-bond acceptors (Lipinski definition) is 7. The lowest BCUT2D eigenvalue weighted by Gasteiger charge is -2.15. The van der Waals surface area contributed by atoms with Crippen LogP contribution in [0.25, 0.3) is 0 Å². The topological polar surface area (TPSA) is 121 Å².